The summed E-state index contributed by atoms with van der Waals surface area (Å²) in [6.45, 7) is 3.43. The number of ketones is 1. The number of fused-ring (bicyclic) bond motifs is 1. The molecule has 1 aliphatic heterocycles. The Hall–Kier alpha value is -1.03. The highest BCUT2D eigenvalue weighted by molar-refractivity contribution is 9.10. The second kappa shape index (κ2) is 6.94. The summed E-state index contributed by atoms with van der Waals surface area (Å²) >= 11 is 3.45. The molecule has 0 saturated heterocycles. The van der Waals surface area contributed by atoms with Gasteiger partial charge in [0.15, 0.2) is 17.3 Å². The van der Waals surface area contributed by atoms with Gasteiger partial charge in [0.2, 0.25) is 0 Å². The molecule has 3 nitrogen and oxygen atoms in total. The molecule has 1 aromatic carbocycles. The molecule has 4 heteroatoms. The van der Waals surface area contributed by atoms with Crippen LogP contribution >= 0.6 is 15.9 Å². The fraction of sp³-hybridized carbons (Fsp3) is 0.533. The summed E-state index contributed by atoms with van der Waals surface area (Å²) in [7, 11) is 0. The van der Waals surface area contributed by atoms with Gasteiger partial charge < -0.3 is 9.47 Å². The third kappa shape index (κ3) is 3.72. The molecule has 0 fully saturated rings. The predicted octanol–water partition coefficient (Wildman–Crippen LogP) is 4.37. The topological polar surface area (TPSA) is 35.5 Å². The number of halogens is 1. The summed E-state index contributed by atoms with van der Waals surface area (Å²) in [6.07, 6.45) is 4.61. The molecule has 0 atom stereocenters. The lowest BCUT2D eigenvalue weighted by Crippen LogP contribution is -2.02. The first-order chi connectivity index (χ1) is 9.22. The lowest BCUT2D eigenvalue weighted by Gasteiger charge is -2.11. The number of hydrogen-bond acceptors (Lipinski definition) is 3. The van der Waals surface area contributed by atoms with Crippen LogP contribution in [0.1, 0.15) is 49.4 Å². The van der Waals surface area contributed by atoms with Crippen molar-refractivity contribution in [2.24, 2.45) is 0 Å². The van der Waals surface area contributed by atoms with Gasteiger partial charge in [-0.3, -0.25) is 4.79 Å². The molecule has 0 aliphatic carbocycles. The number of Topliss-reactive ketones (excluding diaryl/α,β-unsaturated/α-hetero) is 1. The second-order valence-electron chi connectivity index (χ2n) is 4.71. The lowest BCUT2D eigenvalue weighted by molar-refractivity contribution is 0.0978. The van der Waals surface area contributed by atoms with Crippen LogP contribution in [0, 0.1) is 0 Å². The Bertz CT molecular complexity index is 457. The minimum atomic E-state index is 0.163. The van der Waals surface area contributed by atoms with Crippen LogP contribution in [0.25, 0.3) is 0 Å². The number of hydrogen-bond donors (Lipinski definition) is 0. The summed E-state index contributed by atoms with van der Waals surface area (Å²) in [6, 6.07) is 3.65. The Labute approximate surface area is 122 Å². The first-order valence-electron chi connectivity index (χ1n) is 6.84. The number of benzene rings is 1. The van der Waals surface area contributed by atoms with Gasteiger partial charge in [0.05, 0.1) is 13.2 Å². The maximum atomic E-state index is 12.2. The molecule has 0 amide bonds. The molecule has 104 valence electrons. The summed E-state index contributed by atoms with van der Waals surface area (Å²) in [5.74, 6) is 1.56. The highest BCUT2D eigenvalue weighted by atomic mass is 79.9. The van der Waals surface area contributed by atoms with Crippen molar-refractivity contribution in [3.8, 4) is 11.5 Å². The molecule has 2 rings (SSSR count). The van der Waals surface area contributed by atoms with Crippen molar-refractivity contribution in [1.82, 2.24) is 0 Å². The molecule has 1 heterocycles. The molecular weight excluding hydrogens is 308 g/mol. The Morgan fingerprint density at radius 3 is 2.58 bits per heavy atom. The van der Waals surface area contributed by atoms with E-state index in [4.69, 9.17) is 9.47 Å². The molecule has 0 radical (unpaired) electrons. The molecule has 0 unspecified atom stereocenters. The number of rotatable bonds is 5. The zero-order chi connectivity index (χ0) is 13.7. The van der Waals surface area contributed by atoms with Crippen LogP contribution in [0.15, 0.2) is 16.6 Å². The van der Waals surface area contributed by atoms with Crippen LogP contribution in [0.2, 0.25) is 0 Å². The van der Waals surface area contributed by atoms with Gasteiger partial charge >= 0.3 is 0 Å². The Kier molecular flexibility index (Phi) is 5.25. The maximum absolute atomic E-state index is 12.2. The minimum absolute atomic E-state index is 0.163. The van der Waals surface area contributed by atoms with Crippen molar-refractivity contribution in [2.75, 3.05) is 13.2 Å². The van der Waals surface area contributed by atoms with Crippen molar-refractivity contribution in [3.05, 3.63) is 22.2 Å². The SMILES string of the molecule is CCCCCC(=O)c1cc2c(cc1Br)OCCCO2. The average Bonchev–Trinajstić information content (AvgIpc) is 2.62. The van der Waals surface area contributed by atoms with Crippen molar-refractivity contribution >= 4 is 21.7 Å². The Balaban J connectivity index is 2.16. The molecule has 19 heavy (non-hydrogen) atoms. The molecular formula is C15H19BrO3. The van der Waals surface area contributed by atoms with Gasteiger partial charge in [-0.05, 0) is 34.5 Å². The highest BCUT2D eigenvalue weighted by Gasteiger charge is 2.17. The molecule has 0 bridgehead atoms. The van der Waals surface area contributed by atoms with E-state index in [2.05, 4.69) is 22.9 Å². The molecule has 1 aliphatic rings. The van der Waals surface area contributed by atoms with E-state index in [0.29, 0.717) is 30.9 Å². The zero-order valence-corrected chi connectivity index (χ0v) is 12.8. The van der Waals surface area contributed by atoms with Gasteiger partial charge in [0, 0.05) is 22.9 Å². The van der Waals surface area contributed by atoms with Crippen LogP contribution in [0.5, 0.6) is 11.5 Å². The molecule has 0 spiro atoms. The molecule has 0 aromatic heterocycles. The van der Waals surface area contributed by atoms with E-state index in [1.54, 1.807) is 6.07 Å². The first-order valence-corrected chi connectivity index (χ1v) is 7.64. The van der Waals surface area contributed by atoms with E-state index in [-0.39, 0.29) is 5.78 Å². The van der Waals surface area contributed by atoms with Gasteiger partial charge in [-0.25, -0.2) is 0 Å². The van der Waals surface area contributed by atoms with E-state index >= 15 is 0 Å². The third-order valence-corrected chi connectivity index (χ3v) is 3.80. The van der Waals surface area contributed by atoms with E-state index in [0.717, 1.165) is 35.9 Å². The predicted molar refractivity (Wildman–Crippen MR) is 78.2 cm³/mol. The van der Waals surface area contributed by atoms with Gasteiger partial charge in [-0.15, -0.1) is 0 Å². The number of ether oxygens (including phenoxy) is 2. The zero-order valence-electron chi connectivity index (χ0n) is 11.2. The van der Waals surface area contributed by atoms with E-state index in [1.807, 2.05) is 6.07 Å². The summed E-state index contributed by atoms with van der Waals surface area (Å²) < 4.78 is 12.0. The van der Waals surface area contributed by atoms with Gasteiger partial charge in [0.25, 0.3) is 0 Å². The standard InChI is InChI=1S/C15H19BrO3/c1-2-3-4-6-13(17)11-9-14-15(10-12(11)16)19-8-5-7-18-14/h9-10H,2-8H2,1H3. The molecule has 0 saturated carbocycles. The number of carbonyl (C=O) groups excluding carboxylic acids is 1. The minimum Gasteiger partial charge on any atom is -0.490 e. The van der Waals surface area contributed by atoms with E-state index in [9.17, 15) is 4.79 Å². The number of unbranched alkanes of at least 4 members (excludes halogenated alkanes) is 2. The summed E-state index contributed by atoms with van der Waals surface area (Å²) in [4.78, 5) is 12.2. The fourth-order valence-corrected chi connectivity index (χ4v) is 2.61. The van der Waals surface area contributed by atoms with Crippen molar-refractivity contribution in [1.29, 1.82) is 0 Å². The quantitative estimate of drug-likeness (QED) is 0.595. The smallest absolute Gasteiger partial charge is 0.164 e. The van der Waals surface area contributed by atoms with Crippen molar-refractivity contribution in [2.45, 2.75) is 39.0 Å². The number of carbonyl (C=O) groups is 1. The highest BCUT2D eigenvalue weighted by Crippen LogP contribution is 2.35. The van der Waals surface area contributed by atoms with Crippen molar-refractivity contribution < 1.29 is 14.3 Å². The van der Waals surface area contributed by atoms with Gasteiger partial charge in [-0.1, -0.05) is 19.8 Å². The van der Waals surface area contributed by atoms with Crippen LogP contribution in [-0.2, 0) is 0 Å². The fourth-order valence-electron chi connectivity index (χ4n) is 2.07. The van der Waals surface area contributed by atoms with Crippen LogP contribution < -0.4 is 9.47 Å². The van der Waals surface area contributed by atoms with Crippen LogP contribution in [0.4, 0.5) is 0 Å². The van der Waals surface area contributed by atoms with Crippen LogP contribution in [0.3, 0.4) is 0 Å². The van der Waals surface area contributed by atoms with Crippen LogP contribution in [-0.4, -0.2) is 19.0 Å². The van der Waals surface area contributed by atoms with E-state index in [1.165, 1.54) is 0 Å². The molecule has 1 aromatic rings. The monoisotopic (exact) mass is 326 g/mol. The normalized spacial score (nSPS) is 14.0. The first kappa shape index (κ1) is 14.4. The Morgan fingerprint density at radius 1 is 1.21 bits per heavy atom. The van der Waals surface area contributed by atoms with Gasteiger partial charge in [-0.2, -0.15) is 0 Å². The maximum Gasteiger partial charge on any atom is 0.164 e. The van der Waals surface area contributed by atoms with Gasteiger partial charge in [0.1, 0.15) is 0 Å². The second-order valence-corrected chi connectivity index (χ2v) is 5.56. The summed E-state index contributed by atoms with van der Waals surface area (Å²) in [5, 5.41) is 0. The van der Waals surface area contributed by atoms with E-state index < -0.39 is 0 Å². The lowest BCUT2D eigenvalue weighted by atomic mass is 10.0. The van der Waals surface area contributed by atoms with Crippen molar-refractivity contribution in [3.63, 3.8) is 0 Å². The third-order valence-electron chi connectivity index (χ3n) is 3.15. The summed E-state index contributed by atoms with van der Waals surface area (Å²) in [5.41, 5.74) is 0.695. The molecule has 0 N–H and O–H groups in total. The average molecular weight is 327 g/mol. The Morgan fingerprint density at radius 2 is 1.89 bits per heavy atom. The largest absolute Gasteiger partial charge is 0.490 e.